The second-order valence-corrected chi connectivity index (χ2v) is 4.42. The number of rotatable bonds is 6. The predicted molar refractivity (Wildman–Crippen MR) is 72.4 cm³/mol. The zero-order valence-electron chi connectivity index (χ0n) is 11.5. The molecular formula is C13H19N3O3. The Labute approximate surface area is 112 Å². The second-order valence-electron chi connectivity index (χ2n) is 4.42. The average Bonchev–Trinajstić information content (AvgIpc) is 2.37. The first-order valence-corrected chi connectivity index (χ1v) is 6.10. The van der Waals surface area contributed by atoms with E-state index in [0.717, 1.165) is 6.42 Å². The van der Waals surface area contributed by atoms with Crippen molar-refractivity contribution in [2.75, 3.05) is 32.1 Å². The minimum Gasteiger partial charge on any atom is -0.480 e. The smallest absolute Gasteiger partial charge is 0.323 e. The van der Waals surface area contributed by atoms with E-state index in [1.165, 1.54) is 11.1 Å². The van der Waals surface area contributed by atoms with Gasteiger partial charge in [0.05, 0.1) is 5.56 Å². The van der Waals surface area contributed by atoms with Crippen LogP contribution in [-0.4, -0.2) is 54.1 Å². The molecule has 0 radical (unpaired) electrons. The molecule has 0 saturated heterocycles. The van der Waals surface area contributed by atoms with Crippen LogP contribution in [0.15, 0.2) is 18.3 Å². The van der Waals surface area contributed by atoms with Crippen molar-refractivity contribution in [2.45, 2.75) is 13.3 Å². The fourth-order valence-electron chi connectivity index (χ4n) is 1.67. The Kier molecular flexibility index (Phi) is 5.29. The Balaban J connectivity index is 2.88. The normalized spacial score (nSPS) is 10.1. The number of hydrogen-bond acceptors (Lipinski definition) is 4. The van der Waals surface area contributed by atoms with Crippen LogP contribution >= 0.6 is 0 Å². The molecule has 0 aliphatic heterocycles. The van der Waals surface area contributed by atoms with Crippen molar-refractivity contribution < 1.29 is 14.7 Å². The van der Waals surface area contributed by atoms with Crippen molar-refractivity contribution in [3.05, 3.63) is 23.9 Å². The third-order valence-electron chi connectivity index (χ3n) is 2.54. The van der Waals surface area contributed by atoms with Crippen LogP contribution in [0.4, 0.5) is 5.82 Å². The van der Waals surface area contributed by atoms with Crippen LogP contribution in [-0.2, 0) is 4.79 Å². The molecule has 19 heavy (non-hydrogen) atoms. The molecule has 0 aromatic carbocycles. The van der Waals surface area contributed by atoms with Crippen LogP contribution in [0.1, 0.15) is 23.7 Å². The summed E-state index contributed by atoms with van der Waals surface area (Å²) in [5.41, 5.74) is 0.487. The van der Waals surface area contributed by atoms with E-state index < -0.39 is 5.97 Å². The molecule has 6 nitrogen and oxygen atoms in total. The number of hydrogen-bond donors (Lipinski definition) is 1. The molecule has 104 valence electrons. The summed E-state index contributed by atoms with van der Waals surface area (Å²) >= 11 is 0. The lowest BCUT2D eigenvalue weighted by molar-refractivity contribution is -0.135. The number of pyridine rings is 1. The first-order valence-electron chi connectivity index (χ1n) is 6.10. The summed E-state index contributed by atoms with van der Waals surface area (Å²) in [5.74, 6) is -0.456. The number of aliphatic carboxylic acids is 1. The van der Waals surface area contributed by atoms with Crippen LogP contribution in [0.3, 0.4) is 0 Å². The monoisotopic (exact) mass is 265 g/mol. The molecule has 0 aliphatic carbocycles. The summed E-state index contributed by atoms with van der Waals surface area (Å²) in [6.45, 7) is 2.49. The van der Waals surface area contributed by atoms with Gasteiger partial charge in [0.1, 0.15) is 12.4 Å². The Bertz CT molecular complexity index is 443. The molecule has 1 aromatic rings. The SMILES string of the molecule is CCCN(CC(=O)O)c1ccc(C(=O)N(C)C)cn1. The summed E-state index contributed by atoms with van der Waals surface area (Å²) in [6, 6.07) is 3.34. The molecule has 0 unspecified atom stereocenters. The highest BCUT2D eigenvalue weighted by molar-refractivity contribution is 5.93. The maximum Gasteiger partial charge on any atom is 0.323 e. The van der Waals surface area contributed by atoms with Crippen molar-refractivity contribution in [1.82, 2.24) is 9.88 Å². The number of aromatic nitrogens is 1. The lowest BCUT2D eigenvalue weighted by Crippen LogP contribution is -2.31. The molecule has 1 N–H and O–H groups in total. The highest BCUT2D eigenvalue weighted by atomic mass is 16.4. The fourth-order valence-corrected chi connectivity index (χ4v) is 1.67. The molecule has 0 fully saturated rings. The molecule has 0 saturated carbocycles. The predicted octanol–water partition coefficient (Wildman–Crippen LogP) is 1.08. The maximum absolute atomic E-state index is 11.7. The minimum absolute atomic E-state index is 0.0954. The molecule has 1 aromatic heterocycles. The summed E-state index contributed by atoms with van der Waals surface area (Å²) in [5, 5.41) is 8.86. The van der Waals surface area contributed by atoms with Crippen LogP contribution in [0.2, 0.25) is 0 Å². The molecule has 0 spiro atoms. The van der Waals surface area contributed by atoms with Crippen molar-refractivity contribution in [1.29, 1.82) is 0 Å². The van der Waals surface area contributed by atoms with E-state index in [9.17, 15) is 9.59 Å². The Morgan fingerprint density at radius 3 is 2.42 bits per heavy atom. The number of amides is 1. The number of carboxylic acids is 1. The van der Waals surface area contributed by atoms with E-state index in [1.54, 1.807) is 31.1 Å². The molecular weight excluding hydrogens is 246 g/mol. The van der Waals surface area contributed by atoms with Gasteiger partial charge in [-0.1, -0.05) is 6.92 Å². The number of carboxylic acid groups (broad SMARTS) is 1. The first-order chi connectivity index (χ1) is 8.95. The standard InChI is InChI=1S/C13H19N3O3/c1-4-7-16(9-12(17)18)11-6-5-10(8-14-11)13(19)15(2)3/h5-6,8H,4,7,9H2,1-3H3,(H,17,18). The average molecular weight is 265 g/mol. The Morgan fingerprint density at radius 1 is 1.32 bits per heavy atom. The highest BCUT2D eigenvalue weighted by Gasteiger charge is 2.13. The van der Waals surface area contributed by atoms with Crippen molar-refractivity contribution in [3.63, 3.8) is 0 Å². The van der Waals surface area contributed by atoms with Gasteiger partial charge in [-0.15, -0.1) is 0 Å². The zero-order chi connectivity index (χ0) is 14.4. The van der Waals surface area contributed by atoms with E-state index in [-0.39, 0.29) is 12.5 Å². The topological polar surface area (TPSA) is 73.7 Å². The quantitative estimate of drug-likeness (QED) is 0.833. The van der Waals surface area contributed by atoms with E-state index in [2.05, 4.69) is 4.98 Å². The first kappa shape index (κ1) is 14.9. The molecule has 0 aliphatic rings. The van der Waals surface area contributed by atoms with Gasteiger partial charge in [-0.05, 0) is 18.6 Å². The lowest BCUT2D eigenvalue weighted by Gasteiger charge is -2.21. The number of anilines is 1. The summed E-state index contributed by atoms with van der Waals surface area (Å²) < 4.78 is 0. The second kappa shape index (κ2) is 6.72. The molecule has 0 atom stereocenters. The zero-order valence-corrected chi connectivity index (χ0v) is 11.5. The summed E-state index contributed by atoms with van der Waals surface area (Å²) in [6.07, 6.45) is 2.30. The van der Waals surface area contributed by atoms with Crippen molar-refractivity contribution in [2.24, 2.45) is 0 Å². The Hall–Kier alpha value is -2.11. The van der Waals surface area contributed by atoms with Gasteiger partial charge in [-0.3, -0.25) is 9.59 Å². The third kappa shape index (κ3) is 4.24. The number of carbonyl (C=O) groups is 2. The largest absolute Gasteiger partial charge is 0.480 e. The minimum atomic E-state index is -0.899. The van der Waals surface area contributed by atoms with E-state index in [4.69, 9.17) is 5.11 Å². The molecule has 6 heteroatoms. The van der Waals surface area contributed by atoms with Gasteiger partial charge >= 0.3 is 5.97 Å². The maximum atomic E-state index is 11.7. The van der Waals surface area contributed by atoms with Gasteiger partial charge in [0.15, 0.2) is 0 Å². The number of nitrogens with zero attached hydrogens (tertiary/aromatic N) is 3. The van der Waals surface area contributed by atoms with Crippen molar-refractivity contribution in [3.8, 4) is 0 Å². The van der Waals surface area contributed by atoms with Crippen LogP contribution in [0, 0.1) is 0 Å². The fraction of sp³-hybridized carbons (Fsp3) is 0.462. The van der Waals surface area contributed by atoms with Gasteiger partial charge in [0.2, 0.25) is 0 Å². The van der Waals surface area contributed by atoms with Gasteiger partial charge in [-0.25, -0.2) is 4.98 Å². The molecule has 1 heterocycles. The van der Waals surface area contributed by atoms with E-state index >= 15 is 0 Å². The molecule has 1 rings (SSSR count). The van der Waals surface area contributed by atoms with Gasteiger partial charge in [-0.2, -0.15) is 0 Å². The van der Waals surface area contributed by atoms with Crippen molar-refractivity contribution >= 4 is 17.7 Å². The van der Waals surface area contributed by atoms with Gasteiger partial charge in [0.25, 0.3) is 5.91 Å². The highest BCUT2D eigenvalue weighted by Crippen LogP contribution is 2.12. The summed E-state index contributed by atoms with van der Waals surface area (Å²) in [4.78, 5) is 29.8. The summed E-state index contributed by atoms with van der Waals surface area (Å²) in [7, 11) is 3.34. The third-order valence-corrected chi connectivity index (χ3v) is 2.54. The van der Waals surface area contributed by atoms with Crippen LogP contribution < -0.4 is 4.90 Å². The van der Waals surface area contributed by atoms with Gasteiger partial charge < -0.3 is 14.9 Å². The Morgan fingerprint density at radius 2 is 2.00 bits per heavy atom. The van der Waals surface area contributed by atoms with Crippen LogP contribution in [0.25, 0.3) is 0 Å². The lowest BCUT2D eigenvalue weighted by atomic mass is 10.2. The van der Waals surface area contributed by atoms with Crippen LogP contribution in [0.5, 0.6) is 0 Å². The molecule has 0 bridgehead atoms. The number of carbonyl (C=O) groups excluding carboxylic acids is 1. The van der Waals surface area contributed by atoms with Gasteiger partial charge in [0, 0.05) is 26.8 Å². The van der Waals surface area contributed by atoms with E-state index in [1.807, 2.05) is 6.92 Å². The molecule has 1 amide bonds. The van der Waals surface area contributed by atoms with E-state index in [0.29, 0.717) is 17.9 Å².